The van der Waals surface area contributed by atoms with Crippen LogP contribution in [0.3, 0.4) is 0 Å². The van der Waals surface area contributed by atoms with E-state index in [0.717, 1.165) is 44.9 Å². The number of carbonyl (C=O) groups excluding carboxylic acids is 4. The van der Waals surface area contributed by atoms with Crippen molar-refractivity contribution < 1.29 is 42.2 Å². The van der Waals surface area contributed by atoms with Crippen LogP contribution in [0.1, 0.15) is 108 Å². The van der Waals surface area contributed by atoms with E-state index in [4.69, 9.17) is 18.6 Å². The molecular formula is C39H54FN3O8. The molecular weight excluding hydrogens is 657 g/mol. The predicted molar refractivity (Wildman–Crippen MR) is 189 cm³/mol. The molecule has 0 spiro atoms. The first-order chi connectivity index (χ1) is 24.5. The molecule has 2 N–H and O–H groups in total. The summed E-state index contributed by atoms with van der Waals surface area (Å²) in [5, 5.41) is 6.45. The van der Waals surface area contributed by atoms with Crippen LogP contribution in [0.5, 0.6) is 0 Å². The van der Waals surface area contributed by atoms with Gasteiger partial charge in [-0.1, -0.05) is 32.1 Å². The number of halogens is 1. The molecule has 1 aromatic heterocycles. The molecule has 4 atom stereocenters. The molecule has 51 heavy (non-hydrogen) atoms. The molecule has 0 bridgehead atoms. The Hall–Kier alpha value is -3.67. The molecule has 2 aromatic rings. The SMILES string of the molecule is CC(C)(C)OC(=O)N[C@H](CF)C1CCC(C(=O)N2CC[C@@H](C3CCCCC3)[C@H]2C(=O)Nc2ccc3oc(C(=O)OC[C@H]4CCCO4)cc3c2)CC1. The zero-order chi connectivity index (χ0) is 36.1. The summed E-state index contributed by atoms with van der Waals surface area (Å²) < 4.78 is 36.1. The summed E-state index contributed by atoms with van der Waals surface area (Å²) in [6.45, 7) is 5.98. The van der Waals surface area contributed by atoms with Crippen molar-refractivity contribution in [2.24, 2.45) is 23.7 Å². The van der Waals surface area contributed by atoms with E-state index in [2.05, 4.69) is 10.6 Å². The van der Waals surface area contributed by atoms with Crippen molar-refractivity contribution in [2.45, 2.75) is 122 Å². The van der Waals surface area contributed by atoms with Crippen molar-refractivity contribution in [3.05, 3.63) is 30.0 Å². The minimum absolute atomic E-state index is 0.0137. The highest BCUT2D eigenvalue weighted by atomic mass is 19.1. The molecule has 2 saturated heterocycles. The van der Waals surface area contributed by atoms with Crippen LogP contribution in [-0.4, -0.2) is 79.0 Å². The summed E-state index contributed by atoms with van der Waals surface area (Å²) in [6.07, 6.45) is 9.82. The van der Waals surface area contributed by atoms with Crippen LogP contribution in [0.15, 0.2) is 28.7 Å². The Morgan fingerprint density at radius 3 is 2.41 bits per heavy atom. The normalized spacial score (nSPS) is 26.5. The van der Waals surface area contributed by atoms with Gasteiger partial charge in [0.15, 0.2) is 0 Å². The Kier molecular flexibility index (Phi) is 11.9. The van der Waals surface area contributed by atoms with E-state index in [1.54, 1.807) is 45.0 Å². The van der Waals surface area contributed by atoms with Crippen LogP contribution < -0.4 is 10.6 Å². The Labute approximate surface area is 299 Å². The molecule has 1 aromatic carbocycles. The number of nitrogens with zero attached hydrogens (tertiary/aromatic N) is 1. The average Bonchev–Trinajstić information content (AvgIpc) is 3.89. The van der Waals surface area contributed by atoms with E-state index in [1.807, 2.05) is 4.90 Å². The van der Waals surface area contributed by atoms with Crippen LogP contribution >= 0.6 is 0 Å². The second kappa shape index (κ2) is 16.3. The third-order valence-electron chi connectivity index (χ3n) is 11.2. The molecule has 6 rings (SSSR count). The van der Waals surface area contributed by atoms with Gasteiger partial charge in [0.2, 0.25) is 17.6 Å². The number of benzene rings is 1. The van der Waals surface area contributed by atoms with Crippen LogP contribution in [0.25, 0.3) is 11.0 Å². The number of rotatable bonds is 10. The maximum absolute atomic E-state index is 14.2. The van der Waals surface area contributed by atoms with Crippen LogP contribution in [0, 0.1) is 23.7 Å². The van der Waals surface area contributed by atoms with Gasteiger partial charge in [-0.2, -0.15) is 0 Å². The summed E-state index contributed by atoms with van der Waals surface area (Å²) in [6, 6.07) is 5.60. The first-order valence-corrected chi connectivity index (χ1v) is 19.0. The molecule has 0 unspecified atom stereocenters. The van der Waals surface area contributed by atoms with Crippen molar-refractivity contribution in [3.63, 3.8) is 0 Å². The molecule has 11 nitrogen and oxygen atoms in total. The van der Waals surface area contributed by atoms with E-state index < -0.39 is 36.4 Å². The largest absolute Gasteiger partial charge is 0.457 e. The number of alkyl carbamates (subject to hydrolysis) is 1. The van der Waals surface area contributed by atoms with Gasteiger partial charge in [-0.3, -0.25) is 9.59 Å². The van der Waals surface area contributed by atoms with Gasteiger partial charge < -0.3 is 34.2 Å². The van der Waals surface area contributed by atoms with Gasteiger partial charge in [-0.05, 0) is 108 Å². The molecule has 4 aliphatic rings. The number of fused-ring (bicyclic) bond motifs is 1. The summed E-state index contributed by atoms with van der Waals surface area (Å²) in [7, 11) is 0. The second-order valence-corrected chi connectivity index (χ2v) is 15.9. The number of alkyl halides is 1. The summed E-state index contributed by atoms with van der Waals surface area (Å²) >= 11 is 0. The Balaban J connectivity index is 1.11. The number of furan rings is 1. The highest BCUT2D eigenvalue weighted by molar-refractivity contribution is 6.00. The standard InChI is InChI=1S/C39H54FN3O8/c1-39(2,3)51-38(47)42-31(22-40)25-11-13-26(14-12-25)36(45)43-18-17-30(24-8-5-4-6-9-24)34(43)35(44)41-28-15-16-32-27(20-28)21-33(50-32)37(46)49-23-29-10-7-19-48-29/h15-16,20-21,24-26,29-31,34H,4-14,17-19,22-23H2,1-3H3,(H,41,44)(H,42,47)/t25?,26?,29-,30+,31-,34+/m1/s1. The number of hydrogen-bond donors (Lipinski definition) is 2. The minimum Gasteiger partial charge on any atom is -0.457 e. The van der Waals surface area contributed by atoms with E-state index in [9.17, 15) is 23.6 Å². The maximum atomic E-state index is 14.2. The highest BCUT2D eigenvalue weighted by Gasteiger charge is 2.47. The van der Waals surface area contributed by atoms with Gasteiger partial charge in [-0.15, -0.1) is 0 Å². The lowest BCUT2D eigenvalue weighted by Gasteiger charge is -2.37. The first-order valence-electron chi connectivity index (χ1n) is 19.0. The highest BCUT2D eigenvalue weighted by Crippen LogP contribution is 2.41. The fraction of sp³-hybridized carbons (Fsp3) is 0.692. The van der Waals surface area contributed by atoms with Crippen LogP contribution in [-0.2, 0) is 23.8 Å². The molecule has 12 heteroatoms. The third-order valence-corrected chi connectivity index (χ3v) is 11.2. The first kappa shape index (κ1) is 37.1. The molecule has 2 aliphatic carbocycles. The fourth-order valence-corrected chi connectivity index (χ4v) is 8.65. The zero-order valence-electron chi connectivity index (χ0n) is 30.3. The van der Waals surface area contributed by atoms with E-state index in [-0.39, 0.29) is 48.0 Å². The Bertz CT molecular complexity index is 1530. The summed E-state index contributed by atoms with van der Waals surface area (Å²) in [4.78, 5) is 55.2. The average molecular weight is 712 g/mol. The Morgan fingerprint density at radius 2 is 1.73 bits per heavy atom. The van der Waals surface area contributed by atoms with E-state index in [1.165, 1.54) is 6.42 Å². The number of amides is 3. The summed E-state index contributed by atoms with van der Waals surface area (Å²) in [5.41, 5.74) is 0.380. The number of hydrogen-bond acceptors (Lipinski definition) is 8. The molecule has 4 fully saturated rings. The van der Waals surface area contributed by atoms with E-state index >= 15 is 0 Å². The lowest BCUT2D eigenvalue weighted by molar-refractivity contribution is -0.142. The van der Waals surface area contributed by atoms with Crippen molar-refractivity contribution in [1.29, 1.82) is 0 Å². The second-order valence-electron chi connectivity index (χ2n) is 15.9. The number of carbonyl (C=O) groups is 4. The van der Waals surface area contributed by atoms with Crippen LogP contribution in [0.2, 0.25) is 0 Å². The fourth-order valence-electron chi connectivity index (χ4n) is 8.65. The van der Waals surface area contributed by atoms with Crippen molar-refractivity contribution in [2.75, 3.05) is 31.7 Å². The molecule has 3 amide bonds. The van der Waals surface area contributed by atoms with E-state index in [0.29, 0.717) is 61.4 Å². The number of esters is 1. The lowest BCUT2D eigenvalue weighted by Crippen LogP contribution is -2.50. The zero-order valence-corrected chi connectivity index (χ0v) is 30.3. The van der Waals surface area contributed by atoms with Crippen molar-refractivity contribution in [3.8, 4) is 0 Å². The Morgan fingerprint density at radius 1 is 0.961 bits per heavy atom. The molecule has 280 valence electrons. The van der Waals surface area contributed by atoms with Crippen LogP contribution in [0.4, 0.5) is 14.9 Å². The van der Waals surface area contributed by atoms with Gasteiger partial charge in [0.25, 0.3) is 0 Å². The van der Waals surface area contributed by atoms with Gasteiger partial charge in [0, 0.05) is 30.1 Å². The molecule has 2 saturated carbocycles. The van der Waals surface area contributed by atoms with Gasteiger partial charge in [0.1, 0.15) is 30.5 Å². The predicted octanol–water partition coefficient (Wildman–Crippen LogP) is 7.17. The number of ether oxygens (including phenoxy) is 3. The summed E-state index contributed by atoms with van der Waals surface area (Å²) in [5.74, 6) is -0.594. The van der Waals surface area contributed by atoms with Gasteiger partial charge in [0.05, 0.1) is 12.1 Å². The number of anilines is 1. The van der Waals surface area contributed by atoms with Gasteiger partial charge in [-0.25, -0.2) is 14.0 Å². The van der Waals surface area contributed by atoms with Crippen molar-refractivity contribution in [1.82, 2.24) is 10.2 Å². The monoisotopic (exact) mass is 711 g/mol. The lowest BCUT2D eigenvalue weighted by atomic mass is 9.76. The number of nitrogens with one attached hydrogen (secondary N) is 2. The molecule has 3 heterocycles. The quantitative estimate of drug-likeness (QED) is 0.248. The van der Waals surface area contributed by atoms with Crippen molar-refractivity contribution >= 4 is 40.5 Å². The number of likely N-dealkylation sites (tertiary alicyclic amines) is 1. The molecule has 0 radical (unpaired) electrons. The third kappa shape index (κ3) is 9.23. The van der Waals surface area contributed by atoms with Gasteiger partial charge >= 0.3 is 12.1 Å². The molecule has 2 aliphatic heterocycles. The smallest absolute Gasteiger partial charge is 0.407 e. The topological polar surface area (TPSA) is 136 Å². The maximum Gasteiger partial charge on any atom is 0.407 e. The minimum atomic E-state index is -0.703.